The Kier molecular flexibility index (Phi) is 7.97. The van der Waals surface area contributed by atoms with Crippen LogP contribution in [0.25, 0.3) is 55.3 Å². The highest BCUT2D eigenvalue weighted by Gasteiger charge is 2.45. The SMILES string of the molecule is Cc1ccc(C2(c3ccc(N(c4ccc(-c5ccccc5)cc4)c4ccc(-c5cccc6c5oc5ccccc56)cc4)cc3)c3ccccc3-c3ccccc32)cc1. The van der Waals surface area contributed by atoms with Crippen molar-refractivity contribution in [3.05, 3.63) is 246 Å². The van der Waals surface area contributed by atoms with Crippen molar-refractivity contribution in [2.24, 2.45) is 0 Å². The van der Waals surface area contributed by atoms with Crippen LogP contribution in [0.1, 0.15) is 27.8 Å². The highest BCUT2D eigenvalue weighted by Crippen LogP contribution is 2.56. The topological polar surface area (TPSA) is 16.4 Å². The van der Waals surface area contributed by atoms with Gasteiger partial charge in [-0.3, -0.25) is 0 Å². The quantitative estimate of drug-likeness (QED) is 0.162. The highest BCUT2D eigenvalue weighted by atomic mass is 16.3. The molecule has 2 nitrogen and oxygen atoms in total. The van der Waals surface area contributed by atoms with Gasteiger partial charge < -0.3 is 9.32 Å². The van der Waals surface area contributed by atoms with E-state index in [-0.39, 0.29) is 0 Å². The summed E-state index contributed by atoms with van der Waals surface area (Å²) in [5.74, 6) is 0. The Bertz CT molecular complexity index is 3040. The molecule has 11 rings (SSSR count). The zero-order chi connectivity index (χ0) is 38.6. The number of hydrogen-bond donors (Lipinski definition) is 0. The minimum atomic E-state index is -0.457. The van der Waals surface area contributed by atoms with Crippen molar-refractivity contribution in [2.45, 2.75) is 12.3 Å². The molecule has 0 spiro atoms. The summed E-state index contributed by atoms with van der Waals surface area (Å²) in [6.07, 6.45) is 0. The monoisotopic (exact) mass is 741 g/mol. The van der Waals surface area contributed by atoms with Crippen molar-refractivity contribution in [3.8, 4) is 33.4 Å². The number of fused-ring (bicyclic) bond motifs is 6. The van der Waals surface area contributed by atoms with Gasteiger partial charge in [0, 0.05) is 33.4 Å². The van der Waals surface area contributed by atoms with Crippen LogP contribution in [0.2, 0.25) is 0 Å². The fourth-order valence-electron chi connectivity index (χ4n) is 9.33. The molecule has 1 aliphatic rings. The van der Waals surface area contributed by atoms with Gasteiger partial charge in [0.25, 0.3) is 0 Å². The van der Waals surface area contributed by atoms with Crippen molar-refractivity contribution >= 4 is 39.0 Å². The summed E-state index contributed by atoms with van der Waals surface area (Å²) in [7, 11) is 0. The number of hydrogen-bond acceptors (Lipinski definition) is 2. The Balaban J connectivity index is 1.05. The molecule has 0 unspecified atom stereocenters. The lowest BCUT2D eigenvalue weighted by atomic mass is 9.67. The average molecular weight is 742 g/mol. The predicted molar refractivity (Wildman–Crippen MR) is 241 cm³/mol. The molecule has 10 aromatic rings. The molecule has 58 heavy (non-hydrogen) atoms. The molecule has 0 saturated carbocycles. The van der Waals surface area contributed by atoms with Gasteiger partial charge in [0.15, 0.2) is 0 Å². The first-order valence-electron chi connectivity index (χ1n) is 20.0. The van der Waals surface area contributed by atoms with E-state index < -0.39 is 5.41 Å². The van der Waals surface area contributed by atoms with E-state index in [1.54, 1.807) is 0 Å². The Labute approximate surface area is 338 Å². The second-order valence-electron chi connectivity index (χ2n) is 15.3. The van der Waals surface area contributed by atoms with Crippen LogP contribution in [0.5, 0.6) is 0 Å². The number of anilines is 3. The molecule has 0 fully saturated rings. The summed E-state index contributed by atoms with van der Waals surface area (Å²) in [6.45, 7) is 2.16. The standard InChI is InChI=1S/C56H39NO/c1-38-22-28-42(29-23-38)56(52-19-8-5-14-48(52)49-15-6-9-20-53(49)56)43-30-36-46(37-31-43)57(44-32-24-40(25-33-44)39-12-3-2-4-13-39)45-34-26-41(27-35-45)47-17-11-18-51-50-16-7-10-21-54(50)58-55(47)51/h2-37H,1H3. The van der Waals surface area contributed by atoms with E-state index in [9.17, 15) is 0 Å². The zero-order valence-corrected chi connectivity index (χ0v) is 32.1. The lowest BCUT2D eigenvalue weighted by molar-refractivity contribution is 0.670. The highest BCUT2D eigenvalue weighted by molar-refractivity contribution is 6.09. The van der Waals surface area contributed by atoms with Crippen LogP contribution >= 0.6 is 0 Å². The lowest BCUT2D eigenvalue weighted by Gasteiger charge is -2.34. The summed E-state index contributed by atoms with van der Waals surface area (Å²) < 4.78 is 6.43. The fourth-order valence-corrected chi connectivity index (χ4v) is 9.33. The molecule has 2 heteroatoms. The van der Waals surface area contributed by atoms with Crippen LogP contribution in [0.3, 0.4) is 0 Å². The van der Waals surface area contributed by atoms with Crippen LogP contribution in [-0.4, -0.2) is 0 Å². The second-order valence-corrected chi connectivity index (χ2v) is 15.3. The van der Waals surface area contributed by atoms with Crippen LogP contribution in [0.15, 0.2) is 223 Å². The molecule has 0 aliphatic heterocycles. The summed E-state index contributed by atoms with van der Waals surface area (Å²) in [5, 5.41) is 2.27. The number of rotatable bonds is 7. The Morgan fingerprint density at radius 1 is 0.362 bits per heavy atom. The third-order valence-electron chi connectivity index (χ3n) is 12.1. The maximum atomic E-state index is 6.43. The van der Waals surface area contributed by atoms with E-state index in [1.165, 1.54) is 50.1 Å². The average Bonchev–Trinajstić information content (AvgIpc) is 3.82. The van der Waals surface area contributed by atoms with Gasteiger partial charge in [-0.15, -0.1) is 0 Å². The minimum Gasteiger partial charge on any atom is -0.455 e. The Morgan fingerprint density at radius 2 is 0.828 bits per heavy atom. The van der Waals surface area contributed by atoms with Crippen LogP contribution in [0, 0.1) is 6.92 Å². The van der Waals surface area contributed by atoms with E-state index in [0.29, 0.717) is 0 Å². The predicted octanol–water partition coefficient (Wildman–Crippen LogP) is 15.1. The van der Waals surface area contributed by atoms with Crippen molar-refractivity contribution < 1.29 is 4.42 Å². The van der Waals surface area contributed by atoms with E-state index in [2.05, 4.69) is 218 Å². The molecule has 0 radical (unpaired) electrons. The second kappa shape index (κ2) is 13.7. The minimum absolute atomic E-state index is 0.457. The van der Waals surface area contributed by atoms with Crippen LogP contribution < -0.4 is 4.90 Å². The number of aryl methyl sites for hydroxylation is 1. The molecule has 1 heterocycles. The maximum Gasteiger partial charge on any atom is 0.143 e. The smallest absolute Gasteiger partial charge is 0.143 e. The number of benzene rings is 9. The third kappa shape index (κ3) is 5.33. The van der Waals surface area contributed by atoms with Crippen LogP contribution in [-0.2, 0) is 5.41 Å². The normalized spacial score (nSPS) is 12.7. The summed E-state index contributed by atoms with van der Waals surface area (Å²) in [4.78, 5) is 2.36. The largest absolute Gasteiger partial charge is 0.455 e. The van der Waals surface area contributed by atoms with Crippen molar-refractivity contribution in [1.82, 2.24) is 0 Å². The zero-order valence-electron chi connectivity index (χ0n) is 32.1. The fraction of sp³-hybridized carbons (Fsp3) is 0.0357. The van der Waals surface area contributed by atoms with Gasteiger partial charge in [0.05, 0.1) is 5.41 Å². The van der Waals surface area contributed by atoms with Gasteiger partial charge in [-0.25, -0.2) is 0 Å². The Morgan fingerprint density at radius 3 is 1.47 bits per heavy atom. The summed E-state index contributed by atoms with van der Waals surface area (Å²) >= 11 is 0. The first kappa shape index (κ1) is 33.9. The molecule has 0 amide bonds. The van der Waals surface area contributed by atoms with Gasteiger partial charge in [-0.05, 0) is 99.5 Å². The molecule has 9 aromatic carbocycles. The molecule has 0 atom stereocenters. The molecular weight excluding hydrogens is 703 g/mol. The summed E-state index contributed by atoms with van der Waals surface area (Å²) in [5.41, 5.74) is 18.2. The van der Waals surface area contributed by atoms with Gasteiger partial charge in [-0.1, -0.05) is 181 Å². The first-order chi connectivity index (χ1) is 28.7. The lowest BCUT2D eigenvalue weighted by Crippen LogP contribution is -2.28. The number of furan rings is 1. The molecule has 1 aromatic heterocycles. The van der Waals surface area contributed by atoms with Gasteiger partial charge in [-0.2, -0.15) is 0 Å². The third-order valence-corrected chi connectivity index (χ3v) is 12.1. The van der Waals surface area contributed by atoms with Gasteiger partial charge >= 0.3 is 0 Å². The number of nitrogens with zero attached hydrogens (tertiary/aromatic N) is 1. The maximum absolute atomic E-state index is 6.43. The van der Waals surface area contributed by atoms with Crippen molar-refractivity contribution in [3.63, 3.8) is 0 Å². The van der Waals surface area contributed by atoms with Gasteiger partial charge in [0.1, 0.15) is 11.2 Å². The molecular formula is C56H39NO. The van der Waals surface area contributed by atoms with Crippen molar-refractivity contribution in [1.29, 1.82) is 0 Å². The first-order valence-corrected chi connectivity index (χ1v) is 20.0. The van der Waals surface area contributed by atoms with Crippen LogP contribution in [0.4, 0.5) is 17.1 Å². The molecule has 1 aliphatic carbocycles. The molecule has 274 valence electrons. The van der Waals surface area contributed by atoms with E-state index in [1.807, 2.05) is 12.1 Å². The molecule has 0 saturated heterocycles. The van der Waals surface area contributed by atoms with E-state index in [4.69, 9.17) is 4.42 Å². The number of para-hydroxylation sites is 2. The molecule has 0 N–H and O–H groups in total. The Hall–Kier alpha value is -7.42. The van der Waals surface area contributed by atoms with E-state index >= 15 is 0 Å². The van der Waals surface area contributed by atoms with E-state index in [0.717, 1.165) is 50.1 Å². The molecule has 0 bridgehead atoms. The van der Waals surface area contributed by atoms with Crippen molar-refractivity contribution in [2.75, 3.05) is 4.90 Å². The van der Waals surface area contributed by atoms with Gasteiger partial charge in [0.2, 0.25) is 0 Å². The summed E-state index contributed by atoms with van der Waals surface area (Å²) in [6, 6.07) is 79.3.